The van der Waals surface area contributed by atoms with Gasteiger partial charge in [-0.05, 0) is 38.1 Å². The summed E-state index contributed by atoms with van der Waals surface area (Å²) in [5.74, 6) is -0.0724. The molecule has 1 unspecified atom stereocenters. The molecule has 1 aliphatic heterocycles. The molecule has 0 radical (unpaired) electrons. The summed E-state index contributed by atoms with van der Waals surface area (Å²) in [5, 5.41) is 8.80. The summed E-state index contributed by atoms with van der Waals surface area (Å²) in [6.07, 6.45) is 3.45. The van der Waals surface area contributed by atoms with Crippen LogP contribution >= 0.6 is 0 Å². The maximum absolute atomic E-state index is 12.5. The molecule has 1 saturated heterocycles. The number of carboxylic acid groups (broad SMARTS) is 1. The predicted molar refractivity (Wildman–Crippen MR) is 73.1 cm³/mol. The summed E-state index contributed by atoms with van der Waals surface area (Å²) in [4.78, 5) is 25.0. The number of carbonyl (C=O) groups excluding carboxylic acids is 1. The molecule has 1 atom stereocenters. The fourth-order valence-corrected chi connectivity index (χ4v) is 3.14. The van der Waals surface area contributed by atoms with Crippen molar-refractivity contribution < 1.29 is 19.4 Å². The Labute approximate surface area is 119 Å². The number of amides is 1. The topological polar surface area (TPSA) is 92.9 Å². The smallest absolute Gasteiger partial charge is 0.306 e. The Morgan fingerprint density at radius 2 is 1.95 bits per heavy atom. The van der Waals surface area contributed by atoms with E-state index in [-0.39, 0.29) is 24.3 Å². The maximum Gasteiger partial charge on any atom is 0.306 e. The Bertz CT molecular complexity index is 353. The van der Waals surface area contributed by atoms with E-state index in [1.54, 1.807) is 4.90 Å². The molecule has 0 aromatic carbocycles. The van der Waals surface area contributed by atoms with Gasteiger partial charge in [-0.1, -0.05) is 0 Å². The third-order valence-corrected chi connectivity index (χ3v) is 4.38. The number of hydrogen-bond acceptors (Lipinski definition) is 4. The van der Waals surface area contributed by atoms with Crippen molar-refractivity contribution >= 4 is 11.9 Å². The summed E-state index contributed by atoms with van der Waals surface area (Å²) in [7, 11) is 0. The van der Waals surface area contributed by atoms with Crippen LogP contribution in [0.2, 0.25) is 0 Å². The predicted octanol–water partition coefficient (Wildman–Crippen LogP) is 0.454. The van der Waals surface area contributed by atoms with E-state index >= 15 is 0 Å². The van der Waals surface area contributed by atoms with Crippen molar-refractivity contribution in [3.8, 4) is 0 Å². The van der Waals surface area contributed by atoms with E-state index in [2.05, 4.69) is 0 Å². The van der Waals surface area contributed by atoms with Crippen molar-refractivity contribution in [3.63, 3.8) is 0 Å². The number of nitrogens with zero attached hydrogens (tertiary/aromatic N) is 1. The second kappa shape index (κ2) is 7.04. The molecule has 20 heavy (non-hydrogen) atoms. The van der Waals surface area contributed by atoms with Crippen molar-refractivity contribution in [2.75, 3.05) is 26.2 Å². The highest BCUT2D eigenvalue weighted by Crippen LogP contribution is 2.30. The van der Waals surface area contributed by atoms with Crippen LogP contribution in [0.3, 0.4) is 0 Å². The normalized spacial score (nSPS) is 31.1. The molecule has 6 heteroatoms. The number of nitrogens with two attached hydrogens (primary N) is 1. The fraction of sp³-hybridized carbons (Fsp3) is 0.857. The highest BCUT2D eigenvalue weighted by atomic mass is 16.5. The Morgan fingerprint density at radius 3 is 2.55 bits per heavy atom. The second-order valence-corrected chi connectivity index (χ2v) is 5.83. The molecule has 0 aromatic rings. The number of ether oxygens (including phenoxy) is 1. The van der Waals surface area contributed by atoms with Gasteiger partial charge in [0.2, 0.25) is 5.91 Å². The van der Waals surface area contributed by atoms with Crippen LogP contribution in [0.1, 0.15) is 32.1 Å². The minimum Gasteiger partial charge on any atom is -0.481 e. The van der Waals surface area contributed by atoms with Gasteiger partial charge < -0.3 is 20.5 Å². The second-order valence-electron chi connectivity index (χ2n) is 5.83. The highest BCUT2D eigenvalue weighted by molar-refractivity contribution is 5.79. The summed E-state index contributed by atoms with van der Waals surface area (Å²) in [6, 6.07) is 0. The Balaban J connectivity index is 1.84. The van der Waals surface area contributed by atoms with Gasteiger partial charge in [0.1, 0.15) is 0 Å². The lowest BCUT2D eigenvalue weighted by molar-refractivity contribution is -0.150. The van der Waals surface area contributed by atoms with Crippen molar-refractivity contribution in [1.29, 1.82) is 0 Å². The molecule has 0 spiro atoms. The molecule has 114 valence electrons. The quantitative estimate of drug-likeness (QED) is 0.782. The van der Waals surface area contributed by atoms with Crippen LogP contribution in [0.5, 0.6) is 0 Å². The maximum atomic E-state index is 12.5. The largest absolute Gasteiger partial charge is 0.481 e. The Morgan fingerprint density at radius 1 is 1.25 bits per heavy atom. The minimum atomic E-state index is -0.882. The van der Waals surface area contributed by atoms with Gasteiger partial charge in [0.05, 0.1) is 19.1 Å². The van der Waals surface area contributed by atoms with Crippen molar-refractivity contribution in [3.05, 3.63) is 0 Å². The molecule has 0 aromatic heterocycles. The van der Waals surface area contributed by atoms with E-state index in [4.69, 9.17) is 15.6 Å². The highest BCUT2D eigenvalue weighted by Gasteiger charge is 2.32. The van der Waals surface area contributed by atoms with E-state index in [0.29, 0.717) is 32.2 Å². The molecule has 2 fully saturated rings. The molecule has 1 saturated carbocycles. The number of carboxylic acids is 1. The van der Waals surface area contributed by atoms with Gasteiger partial charge in [-0.25, -0.2) is 0 Å². The molecular formula is C14H24N2O4. The van der Waals surface area contributed by atoms with E-state index in [9.17, 15) is 9.59 Å². The van der Waals surface area contributed by atoms with Crippen LogP contribution in [0, 0.1) is 11.8 Å². The summed E-state index contributed by atoms with van der Waals surface area (Å²) < 4.78 is 5.40. The molecule has 6 nitrogen and oxygen atoms in total. The number of hydrogen-bond donors (Lipinski definition) is 2. The third kappa shape index (κ3) is 3.93. The summed E-state index contributed by atoms with van der Waals surface area (Å²) >= 11 is 0. The zero-order valence-electron chi connectivity index (χ0n) is 11.8. The van der Waals surface area contributed by atoms with Crippen LogP contribution in [-0.2, 0) is 14.3 Å². The zero-order valence-corrected chi connectivity index (χ0v) is 11.8. The van der Waals surface area contributed by atoms with Crippen LogP contribution in [0.4, 0.5) is 0 Å². The minimum absolute atomic E-state index is 0.0380. The number of rotatable bonds is 4. The molecular weight excluding hydrogens is 260 g/mol. The zero-order chi connectivity index (χ0) is 14.5. The van der Waals surface area contributed by atoms with Crippen LogP contribution in [-0.4, -0.2) is 54.2 Å². The average molecular weight is 284 g/mol. The van der Waals surface area contributed by atoms with Crippen LogP contribution < -0.4 is 5.73 Å². The van der Waals surface area contributed by atoms with E-state index in [0.717, 1.165) is 25.7 Å². The standard InChI is InChI=1S/C14H24N2O4/c15-8-10-1-3-11(4-2-10)14(19)16-5-6-20-12(9-16)7-13(17)18/h10-12H,1-9,15H2,(H,17,18). The number of morpholine rings is 1. The molecule has 3 N–H and O–H groups in total. The van der Waals surface area contributed by atoms with E-state index < -0.39 is 5.97 Å². The summed E-state index contributed by atoms with van der Waals surface area (Å²) in [6.45, 7) is 2.12. The first-order valence-corrected chi connectivity index (χ1v) is 7.42. The average Bonchev–Trinajstić information content (AvgIpc) is 2.46. The fourth-order valence-electron chi connectivity index (χ4n) is 3.14. The van der Waals surface area contributed by atoms with Gasteiger partial charge >= 0.3 is 5.97 Å². The van der Waals surface area contributed by atoms with Gasteiger partial charge in [-0.3, -0.25) is 9.59 Å². The van der Waals surface area contributed by atoms with E-state index in [1.807, 2.05) is 0 Å². The van der Waals surface area contributed by atoms with Gasteiger partial charge in [0.15, 0.2) is 0 Å². The molecule has 1 aliphatic carbocycles. The third-order valence-electron chi connectivity index (χ3n) is 4.38. The molecule has 1 amide bonds. The number of aliphatic carboxylic acids is 1. The van der Waals surface area contributed by atoms with Gasteiger partial charge in [-0.2, -0.15) is 0 Å². The lowest BCUT2D eigenvalue weighted by Crippen LogP contribution is -2.48. The monoisotopic (exact) mass is 284 g/mol. The molecule has 2 aliphatic rings. The first kappa shape index (κ1) is 15.3. The van der Waals surface area contributed by atoms with Gasteiger partial charge in [-0.15, -0.1) is 0 Å². The van der Waals surface area contributed by atoms with Crippen LogP contribution in [0.15, 0.2) is 0 Å². The van der Waals surface area contributed by atoms with Crippen molar-refractivity contribution in [1.82, 2.24) is 4.90 Å². The molecule has 1 heterocycles. The van der Waals surface area contributed by atoms with Crippen molar-refractivity contribution in [2.24, 2.45) is 17.6 Å². The lowest BCUT2D eigenvalue weighted by atomic mass is 9.81. The van der Waals surface area contributed by atoms with Crippen molar-refractivity contribution in [2.45, 2.75) is 38.2 Å². The van der Waals surface area contributed by atoms with Gasteiger partial charge in [0, 0.05) is 19.0 Å². The first-order valence-electron chi connectivity index (χ1n) is 7.42. The Hall–Kier alpha value is -1.14. The lowest BCUT2D eigenvalue weighted by Gasteiger charge is -2.36. The first-order chi connectivity index (χ1) is 9.60. The molecule has 0 bridgehead atoms. The Kier molecular flexibility index (Phi) is 5.37. The van der Waals surface area contributed by atoms with E-state index in [1.165, 1.54) is 0 Å². The SMILES string of the molecule is NCC1CCC(C(=O)N2CCOC(CC(=O)O)C2)CC1. The van der Waals surface area contributed by atoms with Gasteiger partial charge in [0.25, 0.3) is 0 Å². The number of carbonyl (C=O) groups is 2. The van der Waals surface area contributed by atoms with Crippen LogP contribution in [0.25, 0.3) is 0 Å². The molecule has 2 rings (SSSR count). The summed E-state index contributed by atoms with van der Waals surface area (Å²) in [5.41, 5.74) is 5.66.